The lowest BCUT2D eigenvalue weighted by molar-refractivity contribution is -0.136. The predicted octanol–water partition coefficient (Wildman–Crippen LogP) is 2.21. The van der Waals surface area contributed by atoms with Gasteiger partial charge in [0.05, 0.1) is 6.42 Å². The van der Waals surface area contributed by atoms with Crippen molar-refractivity contribution in [2.75, 3.05) is 5.73 Å². The number of nitriles is 1. The van der Waals surface area contributed by atoms with E-state index in [1.165, 1.54) is 0 Å². The van der Waals surface area contributed by atoms with Crippen LogP contribution in [-0.2, 0) is 11.2 Å². The number of hydrogen-bond donors (Lipinski definition) is 2. The van der Waals surface area contributed by atoms with Crippen molar-refractivity contribution in [2.45, 2.75) is 26.3 Å². The lowest BCUT2D eigenvalue weighted by atomic mass is 10.0. The van der Waals surface area contributed by atoms with E-state index in [1.807, 2.05) is 13.8 Å². The van der Waals surface area contributed by atoms with Gasteiger partial charge in [-0.25, -0.2) is 4.68 Å². The molecule has 0 bridgehead atoms. The minimum atomic E-state index is -0.881. The van der Waals surface area contributed by atoms with Crippen molar-refractivity contribution < 1.29 is 9.90 Å². The van der Waals surface area contributed by atoms with Crippen molar-refractivity contribution in [2.24, 2.45) is 0 Å². The molecule has 2 rings (SSSR count). The quantitative estimate of drug-likeness (QED) is 0.895. The van der Waals surface area contributed by atoms with Gasteiger partial charge in [0.2, 0.25) is 0 Å². The number of nitrogens with zero attached hydrogens (tertiary/aromatic N) is 3. The normalized spacial score (nSPS) is 10.6. The molecular weight excluding hydrogens is 268 g/mol. The summed E-state index contributed by atoms with van der Waals surface area (Å²) in [6.07, 6.45) is -0.0338. The fourth-order valence-electron chi connectivity index (χ4n) is 2.11. The van der Waals surface area contributed by atoms with E-state index in [2.05, 4.69) is 11.2 Å². The van der Waals surface area contributed by atoms with Crippen LogP contribution in [0.25, 0.3) is 11.3 Å². The Morgan fingerprint density at radius 2 is 2.05 bits per heavy atom. The summed E-state index contributed by atoms with van der Waals surface area (Å²) < 4.78 is 1.61. The molecule has 6 nitrogen and oxygen atoms in total. The van der Waals surface area contributed by atoms with Gasteiger partial charge in [-0.05, 0) is 19.4 Å². The summed E-state index contributed by atoms with van der Waals surface area (Å²) in [7, 11) is 0. The van der Waals surface area contributed by atoms with Crippen LogP contribution in [0.5, 0.6) is 0 Å². The van der Waals surface area contributed by atoms with Crippen LogP contribution in [0.1, 0.15) is 31.0 Å². The summed E-state index contributed by atoms with van der Waals surface area (Å²) >= 11 is 0. The average molecular weight is 284 g/mol. The summed E-state index contributed by atoms with van der Waals surface area (Å²) in [5.74, 6) is -0.536. The zero-order chi connectivity index (χ0) is 15.6. The third-order valence-electron chi connectivity index (χ3n) is 3.13. The molecule has 0 aliphatic heterocycles. The summed E-state index contributed by atoms with van der Waals surface area (Å²) in [6.45, 7) is 3.87. The number of nitrogen functional groups attached to an aromatic ring is 1. The number of benzene rings is 1. The topological polar surface area (TPSA) is 105 Å². The number of aliphatic carboxylic acids is 1. The van der Waals surface area contributed by atoms with Crippen LogP contribution in [0.4, 0.5) is 5.82 Å². The van der Waals surface area contributed by atoms with Gasteiger partial charge in [-0.2, -0.15) is 10.4 Å². The maximum absolute atomic E-state index is 10.7. The van der Waals surface area contributed by atoms with E-state index in [0.717, 1.165) is 5.56 Å². The molecule has 1 aromatic heterocycles. The smallest absolute Gasteiger partial charge is 0.307 e. The molecule has 0 aliphatic rings. The fraction of sp³-hybridized carbons (Fsp3) is 0.267. The summed E-state index contributed by atoms with van der Waals surface area (Å²) in [5, 5.41) is 22.4. The molecule has 0 amide bonds. The van der Waals surface area contributed by atoms with Crippen molar-refractivity contribution in [3.63, 3.8) is 0 Å². The van der Waals surface area contributed by atoms with Gasteiger partial charge in [0.25, 0.3) is 0 Å². The standard InChI is InChI=1S/C15H16N4O2/c1-9(2)19-15(17)12(8-16)14(18-19)11-5-3-10(4-6-11)7-13(20)21/h3-6,9H,7,17H2,1-2H3,(H,20,21). The highest BCUT2D eigenvalue weighted by Crippen LogP contribution is 2.28. The van der Waals surface area contributed by atoms with E-state index in [0.29, 0.717) is 22.6 Å². The molecule has 0 saturated heterocycles. The molecule has 0 saturated carbocycles. The molecule has 1 heterocycles. The Morgan fingerprint density at radius 1 is 1.43 bits per heavy atom. The molecule has 0 aliphatic carbocycles. The molecule has 3 N–H and O–H groups in total. The first kappa shape index (κ1) is 14.6. The molecule has 2 aromatic rings. The molecule has 0 spiro atoms. The highest BCUT2D eigenvalue weighted by Gasteiger charge is 2.18. The van der Waals surface area contributed by atoms with Crippen LogP contribution in [0.3, 0.4) is 0 Å². The number of anilines is 1. The minimum Gasteiger partial charge on any atom is -0.481 e. The van der Waals surface area contributed by atoms with E-state index in [-0.39, 0.29) is 12.5 Å². The van der Waals surface area contributed by atoms with Crippen LogP contribution in [-0.4, -0.2) is 20.9 Å². The lowest BCUT2D eigenvalue weighted by Crippen LogP contribution is -2.07. The monoisotopic (exact) mass is 284 g/mol. The van der Waals surface area contributed by atoms with Crippen LogP contribution in [0.2, 0.25) is 0 Å². The molecule has 21 heavy (non-hydrogen) atoms. The van der Waals surface area contributed by atoms with E-state index in [9.17, 15) is 10.1 Å². The Morgan fingerprint density at radius 3 is 2.52 bits per heavy atom. The molecule has 0 atom stereocenters. The Balaban J connectivity index is 2.45. The van der Waals surface area contributed by atoms with Crippen LogP contribution in [0, 0.1) is 11.3 Å². The van der Waals surface area contributed by atoms with Gasteiger partial charge >= 0.3 is 5.97 Å². The number of aromatic nitrogens is 2. The highest BCUT2D eigenvalue weighted by atomic mass is 16.4. The third-order valence-corrected chi connectivity index (χ3v) is 3.13. The maximum atomic E-state index is 10.7. The van der Waals surface area contributed by atoms with Crippen LogP contribution in [0.15, 0.2) is 24.3 Å². The Labute approximate surface area is 122 Å². The SMILES string of the molecule is CC(C)n1nc(-c2ccc(CC(=O)O)cc2)c(C#N)c1N. The average Bonchev–Trinajstić information content (AvgIpc) is 2.76. The number of nitrogens with two attached hydrogens (primary N) is 1. The number of carboxylic acid groups (broad SMARTS) is 1. The van der Waals surface area contributed by atoms with Crippen molar-refractivity contribution >= 4 is 11.8 Å². The number of rotatable bonds is 4. The zero-order valence-corrected chi connectivity index (χ0v) is 11.9. The third kappa shape index (κ3) is 2.87. The summed E-state index contributed by atoms with van der Waals surface area (Å²) in [4.78, 5) is 10.7. The highest BCUT2D eigenvalue weighted by molar-refractivity contribution is 5.74. The van der Waals surface area contributed by atoms with Gasteiger partial charge < -0.3 is 10.8 Å². The van der Waals surface area contributed by atoms with Crippen LogP contribution >= 0.6 is 0 Å². The van der Waals surface area contributed by atoms with Crippen LogP contribution < -0.4 is 5.73 Å². The molecule has 1 aromatic carbocycles. The first-order valence-corrected chi connectivity index (χ1v) is 6.53. The summed E-state index contributed by atoms with van der Waals surface area (Å²) in [5.41, 5.74) is 8.25. The molecule has 0 radical (unpaired) electrons. The minimum absolute atomic E-state index is 0.0338. The first-order valence-electron chi connectivity index (χ1n) is 6.53. The van der Waals surface area contributed by atoms with Gasteiger partial charge in [-0.1, -0.05) is 24.3 Å². The van der Waals surface area contributed by atoms with Gasteiger partial charge in [0.15, 0.2) is 0 Å². The molecular formula is C15H16N4O2. The van der Waals surface area contributed by atoms with Crippen molar-refractivity contribution in [1.82, 2.24) is 9.78 Å². The van der Waals surface area contributed by atoms with E-state index >= 15 is 0 Å². The second kappa shape index (κ2) is 5.67. The van der Waals surface area contributed by atoms with Gasteiger partial charge in [0, 0.05) is 11.6 Å². The maximum Gasteiger partial charge on any atom is 0.307 e. The first-order chi connectivity index (χ1) is 9.93. The number of hydrogen-bond acceptors (Lipinski definition) is 4. The Bertz CT molecular complexity index is 709. The van der Waals surface area contributed by atoms with E-state index < -0.39 is 5.97 Å². The van der Waals surface area contributed by atoms with E-state index in [1.54, 1.807) is 28.9 Å². The summed E-state index contributed by atoms with van der Waals surface area (Å²) in [6, 6.07) is 9.08. The largest absolute Gasteiger partial charge is 0.481 e. The second-order valence-corrected chi connectivity index (χ2v) is 5.03. The molecule has 0 fully saturated rings. The van der Waals surface area contributed by atoms with Gasteiger partial charge in [0.1, 0.15) is 23.1 Å². The van der Waals surface area contributed by atoms with E-state index in [4.69, 9.17) is 10.8 Å². The molecule has 0 unspecified atom stereocenters. The molecule has 108 valence electrons. The van der Waals surface area contributed by atoms with Gasteiger partial charge in [-0.3, -0.25) is 4.79 Å². The van der Waals surface area contributed by atoms with Crippen molar-refractivity contribution in [3.05, 3.63) is 35.4 Å². The van der Waals surface area contributed by atoms with Crippen molar-refractivity contribution in [1.29, 1.82) is 5.26 Å². The second-order valence-electron chi connectivity index (χ2n) is 5.03. The Kier molecular flexibility index (Phi) is 3.94. The number of carboxylic acids is 1. The predicted molar refractivity (Wildman–Crippen MR) is 78.5 cm³/mol. The van der Waals surface area contributed by atoms with Gasteiger partial charge in [-0.15, -0.1) is 0 Å². The molecule has 6 heteroatoms. The zero-order valence-electron chi connectivity index (χ0n) is 11.9. The Hall–Kier alpha value is -2.81. The fourth-order valence-corrected chi connectivity index (χ4v) is 2.11. The lowest BCUT2D eigenvalue weighted by Gasteiger charge is -2.06. The van der Waals surface area contributed by atoms with Crippen molar-refractivity contribution in [3.8, 4) is 17.3 Å². The number of carbonyl (C=O) groups is 1.